The van der Waals surface area contributed by atoms with Gasteiger partial charge in [0.15, 0.2) is 0 Å². The Bertz CT molecular complexity index is 490. The molecule has 18 heavy (non-hydrogen) atoms. The van der Waals surface area contributed by atoms with Crippen molar-refractivity contribution in [3.05, 3.63) is 47.7 Å². The topological polar surface area (TPSA) is 63.6 Å². The Morgan fingerprint density at radius 2 is 2.00 bits per heavy atom. The quantitative estimate of drug-likeness (QED) is 0.828. The molecular weight excluding hydrogens is 232 g/mol. The molecule has 1 aliphatic rings. The summed E-state index contributed by atoms with van der Waals surface area (Å²) in [6.07, 6.45) is 1.87. The van der Waals surface area contributed by atoms with E-state index in [1.165, 1.54) is 6.08 Å². The molecule has 4 heteroatoms. The molecule has 2 unspecified atom stereocenters. The minimum absolute atomic E-state index is 0.358. The zero-order valence-electron chi connectivity index (χ0n) is 10.00. The molecule has 0 saturated carbocycles. The summed E-state index contributed by atoms with van der Waals surface area (Å²) in [6.45, 7) is 1.59. The number of carboxylic acids is 1. The number of allylic oxidation sites excluding steroid dienone is 1. The van der Waals surface area contributed by atoms with Crippen LogP contribution in [0.5, 0.6) is 0 Å². The maximum atomic E-state index is 11.8. The third-order valence-electron chi connectivity index (χ3n) is 3.00. The minimum Gasteiger partial charge on any atom is -0.481 e. The van der Waals surface area contributed by atoms with Crippen LogP contribution < -0.4 is 0 Å². The summed E-state index contributed by atoms with van der Waals surface area (Å²) in [5.41, 5.74) is 0.929. The van der Waals surface area contributed by atoms with Crippen molar-refractivity contribution in [1.29, 1.82) is 0 Å². The predicted octanol–water partition coefficient (Wildman–Crippen LogP) is 2.01. The molecule has 0 fully saturated rings. The third kappa shape index (κ3) is 2.59. The number of carbonyl (C=O) groups excluding carboxylic acids is 1. The first-order valence-electron chi connectivity index (χ1n) is 5.75. The van der Waals surface area contributed by atoms with Crippen LogP contribution >= 0.6 is 0 Å². The van der Waals surface area contributed by atoms with Gasteiger partial charge in [-0.25, -0.2) is 0 Å². The van der Waals surface area contributed by atoms with Gasteiger partial charge in [0.25, 0.3) is 0 Å². The van der Waals surface area contributed by atoms with Crippen molar-refractivity contribution in [2.75, 3.05) is 0 Å². The second kappa shape index (κ2) is 5.04. The zero-order chi connectivity index (χ0) is 13.1. The summed E-state index contributed by atoms with van der Waals surface area (Å²) in [5, 5.41) is 9.17. The molecule has 0 amide bonds. The smallest absolute Gasteiger partial charge is 0.315 e. The molecule has 0 radical (unpaired) electrons. The predicted molar refractivity (Wildman–Crippen MR) is 64.6 cm³/mol. The summed E-state index contributed by atoms with van der Waals surface area (Å²) in [6, 6.07) is 9.34. The summed E-state index contributed by atoms with van der Waals surface area (Å²) < 4.78 is 5.01. The number of esters is 1. The van der Waals surface area contributed by atoms with Crippen molar-refractivity contribution in [2.24, 2.45) is 11.8 Å². The highest BCUT2D eigenvalue weighted by Crippen LogP contribution is 2.27. The fraction of sp³-hybridized carbons (Fsp3) is 0.286. The number of ether oxygens (including phenoxy) is 1. The monoisotopic (exact) mass is 246 g/mol. The molecule has 2 rings (SSSR count). The van der Waals surface area contributed by atoms with Gasteiger partial charge in [0.1, 0.15) is 5.76 Å². The number of aliphatic carboxylic acids is 1. The van der Waals surface area contributed by atoms with Crippen LogP contribution in [-0.2, 0) is 20.7 Å². The maximum absolute atomic E-state index is 11.8. The fourth-order valence-electron chi connectivity index (χ4n) is 2.11. The molecule has 4 nitrogen and oxygen atoms in total. The van der Waals surface area contributed by atoms with Gasteiger partial charge in [-0.1, -0.05) is 30.3 Å². The van der Waals surface area contributed by atoms with Crippen LogP contribution in [0.15, 0.2) is 42.2 Å². The van der Waals surface area contributed by atoms with Gasteiger partial charge in [-0.15, -0.1) is 0 Å². The van der Waals surface area contributed by atoms with Crippen LogP contribution in [0.3, 0.4) is 0 Å². The van der Waals surface area contributed by atoms with Gasteiger partial charge in [-0.05, 0) is 25.0 Å². The van der Waals surface area contributed by atoms with Crippen LogP contribution in [0.1, 0.15) is 12.5 Å². The summed E-state index contributed by atoms with van der Waals surface area (Å²) in [7, 11) is 0. The number of carboxylic acid groups (broad SMARTS) is 1. The highest BCUT2D eigenvalue weighted by Gasteiger charge is 2.37. The number of hydrogen-bond donors (Lipinski definition) is 1. The molecule has 0 saturated heterocycles. The lowest BCUT2D eigenvalue weighted by atomic mass is 9.85. The second-order valence-electron chi connectivity index (χ2n) is 4.36. The van der Waals surface area contributed by atoms with Crippen LogP contribution in [-0.4, -0.2) is 17.0 Å². The van der Waals surface area contributed by atoms with Gasteiger partial charge in [-0.3, -0.25) is 9.59 Å². The zero-order valence-corrected chi connectivity index (χ0v) is 10.00. The summed E-state index contributed by atoms with van der Waals surface area (Å²) in [4.78, 5) is 23.0. The molecule has 0 aliphatic carbocycles. The summed E-state index contributed by atoms with van der Waals surface area (Å²) in [5.74, 6) is -2.57. The normalized spacial score (nSPS) is 23.2. The van der Waals surface area contributed by atoms with E-state index in [2.05, 4.69) is 0 Å². The number of cyclic esters (lactones) is 1. The Morgan fingerprint density at radius 1 is 1.33 bits per heavy atom. The van der Waals surface area contributed by atoms with Crippen molar-refractivity contribution < 1.29 is 19.4 Å². The van der Waals surface area contributed by atoms with Crippen molar-refractivity contribution >= 4 is 11.9 Å². The molecule has 94 valence electrons. The molecule has 0 aromatic heterocycles. The van der Waals surface area contributed by atoms with E-state index in [0.717, 1.165) is 5.56 Å². The lowest BCUT2D eigenvalue weighted by molar-refractivity contribution is -0.155. The molecule has 1 aromatic rings. The SMILES string of the molecule is CC1=CC(C(=O)O)C(Cc2ccccc2)C(=O)O1. The molecular formula is C14H14O4. The van der Waals surface area contributed by atoms with Crippen LogP contribution in [0.2, 0.25) is 0 Å². The Kier molecular flexibility index (Phi) is 3.46. The first-order valence-corrected chi connectivity index (χ1v) is 5.75. The Hall–Kier alpha value is -2.10. The van der Waals surface area contributed by atoms with Crippen molar-refractivity contribution in [3.8, 4) is 0 Å². The number of benzene rings is 1. The largest absolute Gasteiger partial charge is 0.481 e. The maximum Gasteiger partial charge on any atom is 0.315 e. The highest BCUT2D eigenvalue weighted by molar-refractivity contribution is 5.84. The Morgan fingerprint density at radius 3 is 2.61 bits per heavy atom. The van der Waals surface area contributed by atoms with E-state index < -0.39 is 23.8 Å². The van der Waals surface area contributed by atoms with Gasteiger partial charge in [0.2, 0.25) is 0 Å². The highest BCUT2D eigenvalue weighted by atomic mass is 16.5. The number of rotatable bonds is 3. The van der Waals surface area contributed by atoms with Gasteiger partial charge < -0.3 is 9.84 Å². The van der Waals surface area contributed by atoms with Crippen LogP contribution in [0, 0.1) is 11.8 Å². The first kappa shape index (κ1) is 12.4. The van der Waals surface area contributed by atoms with Crippen molar-refractivity contribution in [1.82, 2.24) is 0 Å². The second-order valence-corrected chi connectivity index (χ2v) is 4.36. The van der Waals surface area contributed by atoms with Crippen molar-refractivity contribution in [2.45, 2.75) is 13.3 Å². The van der Waals surface area contributed by atoms with Gasteiger partial charge in [0, 0.05) is 0 Å². The van der Waals surface area contributed by atoms with E-state index in [4.69, 9.17) is 9.84 Å². The average molecular weight is 246 g/mol. The van der Waals surface area contributed by atoms with Gasteiger partial charge in [0.05, 0.1) is 11.8 Å². The molecule has 1 heterocycles. The molecule has 1 aromatic carbocycles. The average Bonchev–Trinajstić information content (AvgIpc) is 2.33. The molecule has 0 spiro atoms. The van der Waals surface area contributed by atoms with Gasteiger partial charge >= 0.3 is 11.9 Å². The van der Waals surface area contributed by atoms with Crippen LogP contribution in [0.25, 0.3) is 0 Å². The summed E-state index contributed by atoms with van der Waals surface area (Å²) >= 11 is 0. The van der Waals surface area contributed by atoms with Crippen LogP contribution in [0.4, 0.5) is 0 Å². The molecule has 2 atom stereocenters. The molecule has 1 aliphatic heterocycles. The van der Waals surface area contributed by atoms with E-state index >= 15 is 0 Å². The molecule has 0 bridgehead atoms. The lowest BCUT2D eigenvalue weighted by Crippen LogP contribution is -2.35. The van der Waals surface area contributed by atoms with E-state index in [1.54, 1.807) is 6.92 Å². The van der Waals surface area contributed by atoms with E-state index in [0.29, 0.717) is 12.2 Å². The minimum atomic E-state index is -0.994. The first-order chi connectivity index (χ1) is 8.58. The Balaban J connectivity index is 2.24. The van der Waals surface area contributed by atoms with E-state index in [9.17, 15) is 9.59 Å². The fourth-order valence-corrected chi connectivity index (χ4v) is 2.11. The number of hydrogen-bond acceptors (Lipinski definition) is 3. The Labute approximate surface area is 105 Å². The van der Waals surface area contributed by atoms with Gasteiger partial charge in [-0.2, -0.15) is 0 Å². The van der Waals surface area contributed by atoms with E-state index in [1.807, 2.05) is 30.3 Å². The number of carbonyl (C=O) groups is 2. The van der Waals surface area contributed by atoms with E-state index in [-0.39, 0.29) is 0 Å². The molecule has 1 N–H and O–H groups in total. The standard InChI is InChI=1S/C14H14O4/c1-9-7-11(13(15)16)12(14(17)18-9)8-10-5-3-2-4-6-10/h2-7,11-12H,8H2,1H3,(H,15,16). The lowest BCUT2D eigenvalue weighted by Gasteiger charge is -2.25. The van der Waals surface area contributed by atoms with Crippen molar-refractivity contribution in [3.63, 3.8) is 0 Å². The third-order valence-corrected chi connectivity index (χ3v) is 3.00.